The average Bonchev–Trinajstić information content (AvgIpc) is 2.81. The molecule has 1 aromatic heterocycles. The maximum Gasteiger partial charge on any atom is 0.315 e. The number of thiazole rings is 1. The summed E-state index contributed by atoms with van der Waals surface area (Å²) in [4.78, 5) is 15.3. The standard InChI is InChI=1S/C13H12ClFN2O2S/c1-13(2,11(18)19)10-6-20-12(17-10)16-9-4-3-7(14)5-8(9)15/h3-6H,1-2H3,(H,16,17)(H,18,19). The van der Waals surface area contributed by atoms with Crippen LogP contribution in [0.3, 0.4) is 0 Å². The zero-order chi connectivity index (χ0) is 14.9. The van der Waals surface area contributed by atoms with E-state index in [0.29, 0.717) is 15.8 Å². The van der Waals surface area contributed by atoms with Gasteiger partial charge in [-0.05, 0) is 32.0 Å². The predicted octanol–water partition coefficient (Wildman–Crippen LogP) is 4.04. The highest BCUT2D eigenvalue weighted by Gasteiger charge is 2.32. The zero-order valence-electron chi connectivity index (χ0n) is 10.8. The molecular formula is C13H12ClFN2O2S. The molecule has 7 heteroatoms. The van der Waals surface area contributed by atoms with Crippen LogP contribution in [-0.4, -0.2) is 16.1 Å². The molecule has 0 saturated heterocycles. The quantitative estimate of drug-likeness (QED) is 0.894. The van der Waals surface area contributed by atoms with Crippen LogP contribution in [0.15, 0.2) is 23.6 Å². The molecule has 106 valence electrons. The van der Waals surface area contributed by atoms with Gasteiger partial charge in [0, 0.05) is 10.4 Å². The number of benzene rings is 1. The van der Waals surface area contributed by atoms with Gasteiger partial charge < -0.3 is 10.4 Å². The summed E-state index contributed by atoms with van der Waals surface area (Å²) in [7, 11) is 0. The van der Waals surface area contributed by atoms with Gasteiger partial charge >= 0.3 is 5.97 Å². The van der Waals surface area contributed by atoms with E-state index in [4.69, 9.17) is 16.7 Å². The minimum absolute atomic E-state index is 0.239. The van der Waals surface area contributed by atoms with E-state index < -0.39 is 17.2 Å². The molecule has 0 bridgehead atoms. The lowest BCUT2D eigenvalue weighted by atomic mass is 9.90. The Balaban J connectivity index is 2.24. The Morgan fingerprint density at radius 1 is 1.50 bits per heavy atom. The van der Waals surface area contributed by atoms with Crippen molar-refractivity contribution in [1.82, 2.24) is 4.98 Å². The minimum atomic E-state index is -1.09. The molecular weight excluding hydrogens is 303 g/mol. The summed E-state index contributed by atoms with van der Waals surface area (Å²) in [6, 6.07) is 4.25. The normalized spacial score (nSPS) is 11.4. The number of carboxylic acid groups (broad SMARTS) is 1. The summed E-state index contributed by atoms with van der Waals surface area (Å²) in [5.74, 6) is -1.46. The second-order valence-corrected chi connectivity index (χ2v) is 6.01. The first-order valence-electron chi connectivity index (χ1n) is 5.72. The highest BCUT2D eigenvalue weighted by atomic mass is 35.5. The Kier molecular flexibility index (Phi) is 3.96. The lowest BCUT2D eigenvalue weighted by Crippen LogP contribution is -2.28. The van der Waals surface area contributed by atoms with Crippen LogP contribution in [-0.2, 0) is 10.2 Å². The van der Waals surface area contributed by atoms with E-state index in [1.54, 1.807) is 25.3 Å². The summed E-state index contributed by atoms with van der Waals surface area (Å²) >= 11 is 6.89. The van der Waals surface area contributed by atoms with Gasteiger partial charge in [-0.3, -0.25) is 4.79 Å². The zero-order valence-corrected chi connectivity index (χ0v) is 12.3. The van der Waals surface area contributed by atoms with Crippen molar-refractivity contribution in [2.45, 2.75) is 19.3 Å². The average molecular weight is 315 g/mol. The van der Waals surface area contributed by atoms with Crippen molar-refractivity contribution in [3.05, 3.63) is 40.1 Å². The van der Waals surface area contributed by atoms with Crippen LogP contribution in [0.4, 0.5) is 15.2 Å². The molecule has 0 aliphatic rings. The number of carbonyl (C=O) groups is 1. The molecule has 0 aliphatic carbocycles. The number of carboxylic acids is 1. The third-order valence-electron chi connectivity index (χ3n) is 2.85. The fourth-order valence-corrected chi connectivity index (χ4v) is 2.48. The number of nitrogens with one attached hydrogen (secondary N) is 1. The summed E-state index contributed by atoms with van der Waals surface area (Å²) in [5.41, 5.74) is -0.426. The van der Waals surface area contributed by atoms with E-state index in [0.717, 1.165) is 0 Å². The second kappa shape index (κ2) is 5.38. The number of hydrogen-bond donors (Lipinski definition) is 2. The van der Waals surface area contributed by atoms with E-state index in [-0.39, 0.29) is 5.69 Å². The minimum Gasteiger partial charge on any atom is -0.481 e. The van der Waals surface area contributed by atoms with Crippen molar-refractivity contribution >= 4 is 39.7 Å². The Morgan fingerprint density at radius 3 is 2.80 bits per heavy atom. The van der Waals surface area contributed by atoms with Gasteiger partial charge in [-0.25, -0.2) is 9.37 Å². The van der Waals surface area contributed by atoms with Gasteiger partial charge in [0.05, 0.1) is 11.4 Å². The van der Waals surface area contributed by atoms with Crippen molar-refractivity contribution in [3.8, 4) is 0 Å². The van der Waals surface area contributed by atoms with Crippen LogP contribution in [0, 0.1) is 5.82 Å². The smallest absolute Gasteiger partial charge is 0.315 e. The molecule has 0 atom stereocenters. The third-order valence-corrected chi connectivity index (χ3v) is 3.84. The van der Waals surface area contributed by atoms with Crippen molar-refractivity contribution in [1.29, 1.82) is 0 Å². The molecule has 0 unspecified atom stereocenters. The topological polar surface area (TPSA) is 62.2 Å². The van der Waals surface area contributed by atoms with Crippen LogP contribution in [0.25, 0.3) is 0 Å². The van der Waals surface area contributed by atoms with E-state index >= 15 is 0 Å². The molecule has 0 radical (unpaired) electrons. The van der Waals surface area contributed by atoms with Crippen molar-refractivity contribution in [3.63, 3.8) is 0 Å². The van der Waals surface area contributed by atoms with Gasteiger partial charge in [0.1, 0.15) is 11.2 Å². The van der Waals surface area contributed by atoms with Gasteiger partial charge in [0.15, 0.2) is 5.13 Å². The predicted molar refractivity (Wildman–Crippen MR) is 77.5 cm³/mol. The van der Waals surface area contributed by atoms with Crippen molar-refractivity contribution < 1.29 is 14.3 Å². The molecule has 1 heterocycles. The number of halogens is 2. The SMILES string of the molecule is CC(C)(C(=O)O)c1csc(Nc2ccc(Cl)cc2F)n1. The van der Waals surface area contributed by atoms with Gasteiger partial charge in [-0.2, -0.15) is 0 Å². The van der Waals surface area contributed by atoms with E-state index in [1.807, 2.05) is 0 Å². The van der Waals surface area contributed by atoms with Gasteiger partial charge in [0.2, 0.25) is 0 Å². The summed E-state index contributed by atoms with van der Waals surface area (Å²) in [6.45, 7) is 3.13. The van der Waals surface area contributed by atoms with Gasteiger partial charge in [-0.15, -0.1) is 11.3 Å². The van der Waals surface area contributed by atoms with Crippen molar-refractivity contribution in [2.75, 3.05) is 5.32 Å². The summed E-state index contributed by atoms with van der Waals surface area (Å²) in [5, 5.41) is 14.3. The Labute approximate surface area is 124 Å². The first-order valence-corrected chi connectivity index (χ1v) is 6.98. The lowest BCUT2D eigenvalue weighted by Gasteiger charge is -2.15. The van der Waals surface area contributed by atoms with Crippen molar-refractivity contribution in [2.24, 2.45) is 0 Å². The summed E-state index contributed by atoms with van der Waals surface area (Å²) in [6.07, 6.45) is 0. The Bertz CT molecular complexity index is 658. The molecule has 1 aromatic carbocycles. The molecule has 0 spiro atoms. The Morgan fingerprint density at radius 2 is 2.20 bits per heavy atom. The van der Waals surface area contributed by atoms with Crippen LogP contribution < -0.4 is 5.32 Å². The van der Waals surface area contributed by atoms with E-state index in [2.05, 4.69) is 10.3 Å². The molecule has 2 rings (SSSR count). The maximum absolute atomic E-state index is 13.6. The first-order chi connectivity index (χ1) is 9.30. The molecule has 2 aromatic rings. The number of nitrogens with zero attached hydrogens (tertiary/aromatic N) is 1. The molecule has 0 saturated carbocycles. The van der Waals surface area contributed by atoms with Gasteiger partial charge in [0.25, 0.3) is 0 Å². The second-order valence-electron chi connectivity index (χ2n) is 4.72. The monoisotopic (exact) mass is 314 g/mol. The first kappa shape index (κ1) is 14.7. The Hall–Kier alpha value is -1.66. The fourth-order valence-electron chi connectivity index (χ4n) is 1.43. The number of hydrogen-bond acceptors (Lipinski definition) is 4. The maximum atomic E-state index is 13.6. The highest BCUT2D eigenvalue weighted by molar-refractivity contribution is 7.13. The number of aliphatic carboxylic acids is 1. The van der Waals surface area contributed by atoms with Crippen LogP contribution >= 0.6 is 22.9 Å². The van der Waals surface area contributed by atoms with E-state index in [9.17, 15) is 9.18 Å². The van der Waals surface area contributed by atoms with Crippen LogP contribution in [0.2, 0.25) is 5.02 Å². The highest BCUT2D eigenvalue weighted by Crippen LogP contribution is 2.30. The number of anilines is 2. The third kappa shape index (κ3) is 2.91. The summed E-state index contributed by atoms with van der Waals surface area (Å²) < 4.78 is 13.6. The molecule has 0 aliphatic heterocycles. The molecule has 0 fully saturated rings. The van der Waals surface area contributed by atoms with Gasteiger partial charge in [-0.1, -0.05) is 11.6 Å². The fraction of sp³-hybridized carbons (Fsp3) is 0.231. The number of rotatable bonds is 4. The van der Waals surface area contributed by atoms with Crippen LogP contribution in [0.5, 0.6) is 0 Å². The molecule has 2 N–H and O–H groups in total. The largest absolute Gasteiger partial charge is 0.481 e. The molecule has 4 nitrogen and oxygen atoms in total. The number of aromatic nitrogens is 1. The molecule has 20 heavy (non-hydrogen) atoms. The van der Waals surface area contributed by atoms with Crippen LogP contribution in [0.1, 0.15) is 19.5 Å². The molecule has 0 amide bonds. The van der Waals surface area contributed by atoms with E-state index in [1.165, 1.54) is 23.5 Å². The lowest BCUT2D eigenvalue weighted by molar-refractivity contribution is -0.142.